The molecule has 0 amide bonds. The number of nitrogens with zero attached hydrogens (tertiary/aromatic N) is 5. The summed E-state index contributed by atoms with van der Waals surface area (Å²) in [5.74, 6) is 0.790. The zero-order valence-electron chi connectivity index (χ0n) is 11.2. The summed E-state index contributed by atoms with van der Waals surface area (Å²) < 4.78 is 8.77. The fourth-order valence-electron chi connectivity index (χ4n) is 2.08. The van der Waals surface area contributed by atoms with E-state index in [2.05, 4.69) is 24.8 Å². The zero-order chi connectivity index (χ0) is 13.8. The van der Waals surface area contributed by atoms with Crippen LogP contribution < -0.4 is 5.32 Å². The van der Waals surface area contributed by atoms with Gasteiger partial charge >= 0.3 is 0 Å². The molecule has 0 aliphatic heterocycles. The molecule has 0 spiro atoms. The van der Waals surface area contributed by atoms with Gasteiger partial charge in [-0.2, -0.15) is 5.10 Å². The molecule has 0 unspecified atom stereocenters. The Balaban J connectivity index is 1.96. The van der Waals surface area contributed by atoms with Crippen LogP contribution in [-0.4, -0.2) is 44.4 Å². The number of rotatable bonds is 6. The first-order valence-corrected chi connectivity index (χ1v) is 6.41. The van der Waals surface area contributed by atoms with Crippen LogP contribution >= 0.6 is 0 Å². The molecule has 0 aromatic carbocycles. The van der Waals surface area contributed by atoms with Crippen molar-refractivity contribution in [2.75, 3.05) is 20.3 Å². The highest BCUT2D eigenvalue weighted by atomic mass is 16.5. The first-order chi connectivity index (χ1) is 9.90. The zero-order valence-corrected chi connectivity index (χ0v) is 11.2. The molecular weight excluding hydrogens is 256 g/mol. The number of pyridine rings is 1. The van der Waals surface area contributed by atoms with Crippen molar-refractivity contribution in [3.05, 3.63) is 42.7 Å². The number of hydrogen-bond acceptors (Lipinski definition) is 5. The number of aromatic nitrogens is 5. The first-order valence-electron chi connectivity index (χ1n) is 6.41. The topological polar surface area (TPSA) is 69.3 Å². The van der Waals surface area contributed by atoms with Gasteiger partial charge in [0.1, 0.15) is 18.3 Å². The van der Waals surface area contributed by atoms with E-state index < -0.39 is 0 Å². The van der Waals surface area contributed by atoms with Gasteiger partial charge in [-0.3, -0.25) is 0 Å². The van der Waals surface area contributed by atoms with Gasteiger partial charge in [0.2, 0.25) is 0 Å². The van der Waals surface area contributed by atoms with Crippen LogP contribution in [0, 0.1) is 0 Å². The molecule has 0 aliphatic carbocycles. The van der Waals surface area contributed by atoms with Crippen LogP contribution in [0.3, 0.4) is 0 Å². The van der Waals surface area contributed by atoms with E-state index >= 15 is 0 Å². The van der Waals surface area contributed by atoms with Gasteiger partial charge in [-0.25, -0.2) is 14.6 Å². The molecular formula is C13H16N6O. The Kier molecular flexibility index (Phi) is 3.71. The van der Waals surface area contributed by atoms with Crippen LogP contribution in [0.1, 0.15) is 5.69 Å². The highest BCUT2D eigenvalue weighted by molar-refractivity contribution is 5.48. The molecule has 1 N–H and O–H groups in total. The van der Waals surface area contributed by atoms with Crippen molar-refractivity contribution >= 4 is 5.65 Å². The number of imidazole rings is 1. The maximum Gasteiger partial charge on any atom is 0.178 e. The van der Waals surface area contributed by atoms with Gasteiger partial charge in [-0.15, -0.1) is 0 Å². The predicted octanol–water partition coefficient (Wildman–Crippen LogP) is 0.651. The summed E-state index contributed by atoms with van der Waals surface area (Å²) in [7, 11) is 1.69. The Morgan fingerprint density at radius 3 is 3.10 bits per heavy atom. The number of fused-ring (bicyclic) bond motifs is 1. The lowest BCUT2D eigenvalue weighted by Gasteiger charge is -2.06. The molecule has 0 saturated carbocycles. The third kappa shape index (κ3) is 2.40. The van der Waals surface area contributed by atoms with E-state index in [0.29, 0.717) is 13.2 Å². The summed E-state index contributed by atoms with van der Waals surface area (Å²) in [4.78, 5) is 8.59. The molecule has 3 aromatic rings. The van der Waals surface area contributed by atoms with Gasteiger partial charge in [-0.05, 0) is 12.1 Å². The van der Waals surface area contributed by atoms with Gasteiger partial charge in [0.15, 0.2) is 5.82 Å². The van der Waals surface area contributed by atoms with Crippen molar-refractivity contribution in [1.82, 2.24) is 29.5 Å². The number of ether oxygens (including phenoxy) is 1. The van der Waals surface area contributed by atoms with Crippen LogP contribution in [0.5, 0.6) is 0 Å². The molecule has 7 heteroatoms. The Labute approximate surface area is 116 Å². The van der Waals surface area contributed by atoms with E-state index in [1.165, 1.54) is 6.33 Å². The van der Waals surface area contributed by atoms with Gasteiger partial charge in [-0.1, -0.05) is 6.07 Å². The van der Waals surface area contributed by atoms with Crippen LogP contribution in [0.4, 0.5) is 0 Å². The summed E-state index contributed by atoms with van der Waals surface area (Å²) in [6, 6.07) is 5.92. The highest BCUT2D eigenvalue weighted by Crippen LogP contribution is 2.15. The lowest BCUT2D eigenvalue weighted by atomic mass is 10.4. The molecule has 0 atom stereocenters. The Hall–Kier alpha value is -2.25. The van der Waals surface area contributed by atoms with Crippen LogP contribution in [0.15, 0.2) is 37.1 Å². The molecule has 0 fully saturated rings. The predicted molar refractivity (Wildman–Crippen MR) is 73.7 cm³/mol. The quantitative estimate of drug-likeness (QED) is 0.667. The number of methoxy groups -OCH3 is 1. The van der Waals surface area contributed by atoms with Crippen LogP contribution in [0.2, 0.25) is 0 Å². The van der Waals surface area contributed by atoms with Crippen molar-refractivity contribution in [1.29, 1.82) is 0 Å². The van der Waals surface area contributed by atoms with Crippen LogP contribution in [-0.2, 0) is 11.3 Å². The number of hydrogen-bond donors (Lipinski definition) is 1. The summed E-state index contributed by atoms with van der Waals surface area (Å²) in [6.45, 7) is 2.15. The third-order valence-corrected chi connectivity index (χ3v) is 3.02. The van der Waals surface area contributed by atoms with E-state index in [1.54, 1.807) is 18.1 Å². The smallest absolute Gasteiger partial charge is 0.178 e. The second kappa shape index (κ2) is 5.81. The second-order valence-corrected chi connectivity index (χ2v) is 4.32. The number of nitrogens with one attached hydrogen (secondary N) is 1. The van der Waals surface area contributed by atoms with Gasteiger partial charge < -0.3 is 14.5 Å². The molecule has 20 heavy (non-hydrogen) atoms. The monoisotopic (exact) mass is 272 g/mol. The SMILES string of the molecule is COCCNCc1c(-n2cncn2)nc2ccccn12. The minimum atomic E-state index is 0.676. The maximum absolute atomic E-state index is 5.04. The van der Waals surface area contributed by atoms with Gasteiger partial charge in [0, 0.05) is 26.4 Å². The molecule has 0 aliphatic rings. The lowest BCUT2D eigenvalue weighted by Crippen LogP contribution is -2.20. The van der Waals surface area contributed by atoms with Crippen molar-refractivity contribution in [2.24, 2.45) is 0 Å². The Morgan fingerprint density at radius 1 is 1.35 bits per heavy atom. The molecule has 3 rings (SSSR count). The van der Waals surface area contributed by atoms with E-state index in [0.717, 1.165) is 23.7 Å². The van der Waals surface area contributed by atoms with E-state index in [1.807, 2.05) is 24.4 Å². The standard InChI is InChI=1S/C13H16N6O/c1-20-7-5-14-8-11-13(19-10-15-9-16-19)17-12-4-2-3-6-18(11)12/h2-4,6,9-10,14H,5,7-8H2,1H3. The minimum absolute atomic E-state index is 0.676. The van der Waals surface area contributed by atoms with Gasteiger partial charge in [0.25, 0.3) is 0 Å². The van der Waals surface area contributed by atoms with Crippen molar-refractivity contribution in [3.8, 4) is 5.82 Å². The van der Waals surface area contributed by atoms with E-state index in [4.69, 9.17) is 4.74 Å². The molecule has 3 aromatic heterocycles. The second-order valence-electron chi connectivity index (χ2n) is 4.32. The van der Waals surface area contributed by atoms with Crippen molar-refractivity contribution in [3.63, 3.8) is 0 Å². The molecule has 3 heterocycles. The lowest BCUT2D eigenvalue weighted by molar-refractivity contribution is 0.199. The fourth-order valence-corrected chi connectivity index (χ4v) is 2.08. The fraction of sp³-hybridized carbons (Fsp3) is 0.308. The summed E-state index contributed by atoms with van der Waals surface area (Å²) in [5.41, 5.74) is 1.93. The van der Waals surface area contributed by atoms with E-state index in [9.17, 15) is 0 Å². The molecule has 104 valence electrons. The Morgan fingerprint density at radius 2 is 2.30 bits per heavy atom. The van der Waals surface area contributed by atoms with E-state index in [-0.39, 0.29) is 0 Å². The largest absolute Gasteiger partial charge is 0.383 e. The average molecular weight is 272 g/mol. The summed E-state index contributed by atoms with van der Waals surface area (Å²) in [5, 5.41) is 7.50. The first kappa shape index (κ1) is 12.8. The highest BCUT2D eigenvalue weighted by Gasteiger charge is 2.13. The maximum atomic E-state index is 5.04. The third-order valence-electron chi connectivity index (χ3n) is 3.02. The summed E-state index contributed by atoms with van der Waals surface area (Å²) in [6.07, 6.45) is 5.16. The van der Waals surface area contributed by atoms with Crippen molar-refractivity contribution in [2.45, 2.75) is 6.54 Å². The average Bonchev–Trinajstić information content (AvgIpc) is 3.11. The Bertz CT molecular complexity index is 675. The molecule has 0 radical (unpaired) electrons. The van der Waals surface area contributed by atoms with Crippen molar-refractivity contribution < 1.29 is 4.74 Å². The summed E-state index contributed by atoms with van der Waals surface area (Å²) >= 11 is 0. The molecule has 0 bridgehead atoms. The molecule has 0 saturated heterocycles. The molecule has 7 nitrogen and oxygen atoms in total. The minimum Gasteiger partial charge on any atom is -0.383 e. The normalized spacial score (nSPS) is 11.2. The van der Waals surface area contributed by atoms with Crippen LogP contribution in [0.25, 0.3) is 11.5 Å². The van der Waals surface area contributed by atoms with Gasteiger partial charge in [0.05, 0.1) is 12.3 Å².